The predicted molar refractivity (Wildman–Crippen MR) is 79.1 cm³/mol. The third-order valence-corrected chi connectivity index (χ3v) is 4.76. The molecule has 0 bridgehead atoms. The smallest absolute Gasteiger partial charge is 0.247 e. The van der Waals surface area contributed by atoms with Gasteiger partial charge in [-0.1, -0.05) is 42.5 Å². The predicted octanol–water partition coefficient (Wildman–Crippen LogP) is 4.31. The lowest BCUT2D eigenvalue weighted by molar-refractivity contribution is -0.118. The van der Waals surface area contributed by atoms with Crippen molar-refractivity contribution in [1.29, 1.82) is 0 Å². The van der Waals surface area contributed by atoms with Crippen LogP contribution in [0.15, 0.2) is 12.1 Å². The standard InChI is InChI=1S/C14H16Cl2N2O/c15-9-6-11-12(7-10(9)16)18-14(19)13(17-11)8-4-2-1-3-5-8/h6-8,13,17H,1-5H2,(H,18,19). The number of amides is 1. The molecular formula is C14H16Cl2N2O. The van der Waals surface area contributed by atoms with Crippen molar-refractivity contribution in [2.75, 3.05) is 10.6 Å². The van der Waals surface area contributed by atoms with Gasteiger partial charge in [0.1, 0.15) is 6.04 Å². The van der Waals surface area contributed by atoms with Crippen LogP contribution in [-0.4, -0.2) is 11.9 Å². The second-order valence-corrected chi connectivity index (χ2v) is 6.14. The number of hydrogen-bond donors (Lipinski definition) is 2. The van der Waals surface area contributed by atoms with Crippen molar-refractivity contribution in [3.63, 3.8) is 0 Å². The van der Waals surface area contributed by atoms with Crippen molar-refractivity contribution in [2.24, 2.45) is 5.92 Å². The molecule has 0 spiro atoms. The molecule has 3 rings (SSSR count). The highest BCUT2D eigenvalue weighted by Crippen LogP contribution is 2.38. The third kappa shape index (κ3) is 2.54. The molecule has 1 unspecified atom stereocenters. The van der Waals surface area contributed by atoms with Gasteiger partial charge in [-0.2, -0.15) is 0 Å². The molecule has 102 valence electrons. The second kappa shape index (κ2) is 5.22. The average molecular weight is 299 g/mol. The summed E-state index contributed by atoms with van der Waals surface area (Å²) in [6.45, 7) is 0. The van der Waals surface area contributed by atoms with Crippen LogP contribution >= 0.6 is 23.2 Å². The van der Waals surface area contributed by atoms with E-state index < -0.39 is 0 Å². The van der Waals surface area contributed by atoms with Gasteiger partial charge in [-0.05, 0) is 30.9 Å². The minimum atomic E-state index is -0.148. The highest BCUT2D eigenvalue weighted by Gasteiger charge is 2.33. The van der Waals surface area contributed by atoms with E-state index in [4.69, 9.17) is 23.2 Å². The van der Waals surface area contributed by atoms with Crippen LogP contribution in [0.1, 0.15) is 32.1 Å². The summed E-state index contributed by atoms with van der Waals surface area (Å²) in [6.07, 6.45) is 5.93. The Labute approximate surface area is 122 Å². The van der Waals surface area contributed by atoms with Crippen LogP contribution < -0.4 is 10.6 Å². The van der Waals surface area contributed by atoms with Crippen molar-refractivity contribution < 1.29 is 4.79 Å². The quantitative estimate of drug-likeness (QED) is 0.811. The maximum absolute atomic E-state index is 12.2. The number of benzene rings is 1. The lowest BCUT2D eigenvalue weighted by Crippen LogP contribution is -2.44. The number of carbonyl (C=O) groups is 1. The zero-order valence-electron chi connectivity index (χ0n) is 10.5. The summed E-state index contributed by atoms with van der Waals surface area (Å²) in [7, 11) is 0. The van der Waals surface area contributed by atoms with Crippen LogP contribution in [0.3, 0.4) is 0 Å². The van der Waals surface area contributed by atoms with Gasteiger partial charge >= 0.3 is 0 Å². The molecule has 1 amide bonds. The number of anilines is 2. The van der Waals surface area contributed by atoms with Crippen LogP contribution in [0, 0.1) is 5.92 Å². The number of fused-ring (bicyclic) bond motifs is 1. The number of carbonyl (C=O) groups excluding carboxylic acids is 1. The molecular weight excluding hydrogens is 283 g/mol. The first-order chi connectivity index (χ1) is 9.15. The van der Waals surface area contributed by atoms with Crippen LogP contribution in [-0.2, 0) is 4.79 Å². The van der Waals surface area contributed by atoms with Gasteiger partial charge < -0.3 is 10.6 Å². The number of halogens is 2. The zero-order valence-corrected chi connectivity index (χ0v) is 12.0. The van der Waals surface area contributed by atoms with Gasteiger partial charge in [0, 0.05) is 0 Å². The SMILES string of the molecule is O=C1Nc2cc(Cl)c(Cl)cc2NC1C1CCCCC1. The number of rotatable bonds is 1. The molecule has 19 heavy (non-hydrogen) atoms. The Morgan fingerprint density at radius 3 is 2.32 bits per heavy atom. The normalized spacial score (nSPS) is 23.5. The summed E-state index contributed by atoms with van der Waals surface area (Å²) < 4.78 is 0. The summed E-state index contributed by atoms with van der Waals surface area (Å²) in [5.41, 5.74) is 1.58. The van der Waals surface area contributed by atoms with E-state index in [1.807, 2.05) is 0 Å². The van der Waals surface area contributed by atoms with Gasteiger partial charge in [-0.25, -0.2) is 0 Å². The molecule has 1 aliphatic carbocycles. The fraction of sp³-hybridized carbons (Fsp3) is 0.500. The summed E-state index contributed by atoms with van der Waals surface area (Å²) in [5.74, 6) is 0.453. The molecule has 1 saturated carbocycles. The van der Waals surface area contributed by atoms with E-state index >= 15 is 0 Å². The largest absolute Gasteiger partial charge is 0.372 e. The second-order valence-electron chi connectivity index (χ2n) is 5.32. The molecule has 1 aliphatic heterocycles. The molecule has 5 heteroatoms. The first-order valence-corrected chi connectivity index (χ1v) is 7.47. The van der Waals surface area contributed by atoms with E-state index in [-0.39, 0.29) is 11.9 Å². The Bertz CT molecular complexity index is 512. The highest BCUT2D eigenvalue weighted by atomic mass is 35.5. The molecule has 1 aromatic carbocycles. The Balaban J connectivity index is 1.86. The maximum Gasteiger partial charge on any atom is 0.247 e. The maximum atomic E-state index is 12.2. The van der Waals surface area contributed by atoms with Gasteiger partial charge in [0.05, 0.1) is 21.4 Å². The Hall–Kier alpha value is -0.930. The molecule has 2 aliphatic rings. The Morgan fingerprint density at radius 1 is 1.00 bits per heavy atom. The van der Waals surface area contributed by atoms with E-state index in [0.717, 1.165) is 18.5 Å². The molecule has 0 saturated heterocycles. The van der Waals surface area contributed by atoms with Crippen LogP contribution in [0.25, 0.3) is 0 Å². The van der Waals surface area contributed by atoms with Gasteiger partial charge in [0.25, 0.3) is 0 Å². The third-order valence-electron chi connectivity index (χ3n) is 4.03. The molecule has 1 fully saturated rings. The Morgan fingerprint density at radius 2 is 1.63 bits per heavy atom. The topological polar surface area (TPSA) is 41.1 Å². The van der Waals surface area contributed by atoms with Gasteiger partial charge in [0.15, 0.2) is 0 Å². The molecule has 3 nitrogen and oxygen atoms in total. The van der Waals surface area contributed by atoms with Gasteiger partial charge in [-0.3, -0.25) is 4.79 Å². The van der Waals surface area contributed by atoms with Crippen molar-refractivity contribution in [2.45, 2.75) is 38.1 Å². The lowest BCUT2D eigenvalue weighted by atomic mass is 9.83. The molecule has 1 aromatic rings. The van der Waals surface area contributed by atoms with E-state index in [1.165, 1.54) is 19.3 Å². The minimum absolute atomic E-state index is 0.0396. The van der Waals surface area contributed by atoms with Crippen molar-refractivity contribution >= 4 is 40.5 Å². The zero-order chi connectivity index (χ0) is 13.4. The highest BCUT2D eigenvalue weighted by molar-refractivity contribution is 6.42. The molecule has 1 atom stereocenters. The first kappa shape index (κ1) is 13.1. The Kier molecular flexibility index (Phi) is 3.59. The molecule has 0 radical (unpaired) electrons. The summed E-state index contributed by atoms with van der Waals surface area (Å²) in [5, 5.41) is 7.22. The van der Waals surface area contributed by atoms with E-state index in [0.29, 0.717) is 21.7 Å². The molecule has 2 N–H and O–H groups in total. The fourth-order valence-corrected chi connectivity index (χ4v) is 3.34. The lowest BCUT2D eigenvalue weighted by Gasteiger charge is -2.34. The van der Waals surface area contributed by atoms with Gasteiger partial charge in [0.2, 0.25) is 5.91 Å². The van der Waals surface area contributed by atoms with Crippen molar-refractivity contribution in [1.82, 2.24) is 0 Å². The number of nitrogens with one attached hydrogen (secondary N) is 2. The fourth-order valence-electron chi connectivity index (χ4n) is 3.01. The first-order valence-electron chi connectivity index (χ1n) is 6.71. The van der Waals surface area contributed by atoms with E-state index in [9.17, 15) is 4.79 Å². The minimum Gasteiger partial charge on any atom is -0.372 e. The van der Waals surface area contributed by atoms with Crippen molar-refractivity contribution in [3.8, 4) is 0 Å². The van der Waals surface area contributed by atoms with E-state index in [1.54, 1.807) is 12.1 Å². The monoisotopic (exact) mass is 298 g/mol. The van der Waals surface area contributed by atoms with E-state index in [2.05, 4.69) is 10.6 Å². The number of hydrogen-bond acceptors (Lipinski definition) is 2. The van der Waals surface area contributed by atoms with Crippen molar-refractivity contribution in [3.05, 3.63) is 22.2 Å². The summed E-state index contributed by atoms with van der Waals surface area (Å²) in [6, 6.07) is 3.33. The average Bonchev–Trinajstić information content (AvgIpc) is 2.41. The van der Waals surface area contributed by atoms with Crippen LogP contribution in [0.2, 0.25) is 10.0 Å². The summed E-state index contributed by atoms with van der Waals surface area (Å²) >= 11 is 12.0. The molecule has 0 aromatic heterocycles. The van der Waals surface area contributed by atoms with Crippen LogP contribution in [0.4, 0.5) is 11.4 Å². The summed E-state index contributed by atoms with van der Waals surface area (Å²) in [4.78, 5) is 12.2. The van der Waals surface area contributed by atoms with Gasteiger partial charge in [-0.15, -0.1) is 0 Å². The molecule has 1 heterocycles. The van der Waals surface area contributed by atoms with Crippen LogP contribution in [0.5, 0.6) is 0 Å².